The van der Waals surface area contributed by atoms with Crippen molar-refractivity contribution < 1.29 is 9.41 Å². The topological polar surface area (TPSA) is 70.0 Å². The zero-order valence-electron chi connectivity index (χ0n) is 4.24. The van der Waals surface area contributed by atoms with E-state index in [1.165, 1.54) is 0 Å². The van der Waals surface area contributed by atoms with Gasteiger partial charge in [0.25, 0.3) is 3.25 Å². The molecule has 64 valence electrons. The molecule has 0 saturated heterocycles. The molecule has 0 bridgehead atoms. The molecule has 0 rings (SSSR count). The van der Waals surface area contributed by atoms with Gasteiger partial charge < -0.3 is 12.3 Å². The van der Waals surface area contributed by atoms with E-state index in [-0.39, 0.29) is 21.7 Å². The first-order chi connectivity index (χ1) is 2.00. The lowest BCUT2D eigenvalue weighted by molar-refractivity contribution is 1.11. The monoisotopic (exact) mass is 226 g/mol. The molecule has 0 aromatic heterocycles. The lowest BCUT2D eigenvalue weighted by Crippen LogP contribution is -1.81. The molecule has 0 aromatic rings. The minimum absolute atomic E-state index is 0. The highest BCUT2D eigenvalue weighted by Crippen LogP contribution is 2.29. The predicted molar refractivity (Wildman–Crippen MR) is 41.2 cm³/mol. The molecule has 6 N–H and O–H groups in total. The van der Waals surface area contributed by atoms with E-state index in [1.807, 2.05) is 0 Å². The van der Waals surface area contributed by atoms with Crippen LogP contribution >= 0.6 is 46.4 Å². The van der Waals surface area contributed by atoms with Crippen LogP contribution in [-0.2, 0) is 0 Å². The zero-order valence-corrected chi connectivity index (χ0v) is 7.27. The van der Waals surface area contributed by atoms with Crippen molar-refractivity contribution in [2.45, 2.75) is 3.25 Å². The molecule has 0 amide bonds. The quantitative estimate of drug-likeness (QED) is 0.624. The van der Waals surface area contributed by atoms with Crippen LogP contribution in [0.4, 0.5) is 9.41 Å². The van der Waals surface area contributed by atoms with Gasteiger partial charge in [-0.1, -0.05) is 46.4 Å². The van der Waals surface area contributed by atoms with Crippen molar-refractivity contribution >= 4 is 46.4 Å². The van der Waals surface area contributed by atoms with Crippen molar-refractivity contribution in [3.05, 3.63) is 0 Å². The summed E-state index contributed by atoms with van der Waals surface area (Å²) in [6.45, 7) is 0. The fourth-order valence-electron chi connectivity index (χ4n) is 0. The minimum Gasteiger partial charge on any atom is -0.344 e. The number of halogens is 6. The molecule has 0 fully saturated rings. The summed E-state index contributed by atoms with van der Waals surface area (Å²) in [6, 6.07) is 0. The Labute approximate surface area is 71.7 Å². The van der Waals surface area contributed by atoms with Crippen LogP contribution in [0.2, 0.25) is 0 Å². The van der Waals surface area contributed by atoms with Crippen LogP contribution in [0.15, 0.2) is 0 Å². The summed E-state index contributed by atoms with van der Waals surface area (Å²) in [7, 11) is 0. The van der Waals surface area contributed by atoms with Crippen LogP contribution in [0.5, 0.6) is 0 Å². The van der Waals surface area contributed by atoms with Gasteiger partial charge in [0.1, 0.15) is 0 Å². The third-order valence-corrected chi connectivity index (χ3v) is 0. The molecule has 0 heterocycles. The lowest BCUT2D eigenvalue weighted by Gasteiger charge is -1.91. The van der Waals surface area contributed by atoms with Crippen molar-refractivity contribution in [2.24, 2.45) is 0 Å². The van der Waals surface area contributed by atoms with Crippen LogP contribution in [0.3, 0.4) is 0 Å². The van der Waals surface area contributed by atoms with Crippen LogP contribution < -0.4 is 12.3 Å². The second kappa shape index (κ2) is 11.7. The Morgan fingerprint density at radius 3 is 0.667 bits per heavy atom. The summed E-state index contributed by atoms with van der Waals surface area (Å²) >= 11 is 19.3. The van der Waals surface area contributed by atoms with E-state index < -0.39 is 3.25 Å². The Kier molecular flexibility index (Phi) is 42.3. The highest BCUT2D eigenvalue weighted by atomic mass is 35.6. The van der Waals surface area contributed by atoms with Gasteiger partial charge in [-0.3, -0.25) is 9.41 Å². The normalized spacial score (nSPS) is 6.67. The van der Waals surface area contributed by atoms with Crippen LogP contribution in [0.25, 0.3) is 0 Å². The number of hydrogen-bond donors (Lipinski definition) is 2. The maximum absolute atomic E-state index is 4.83. The van der Waals surface area contributed by atoms with Crippen LogP contribution in [-0.4, -0.2) is 3.25 Å². The van der Waals surface area contributed by atoms with Crippen LogP contribution in [0.1, 0.15) is 0 Å². The first-order valence-electron chi connectivity index (χ1n) is 0.756. The fourth-order valence-corrected chi connectivity index (χ4v) is 0. The molecule has 0 radical (unpaired) electrons. The van der Waals surface area contributed by atoms with Gasteiger partial charge in [-0.2, -0.15) is 0 Å². The Balaban J connectivity index is -0.0000000133. The van der Waals surface area contributed by atoms with E-state index in [0.717, 1.165) is 0 Å². The third kappa shape index (κ3) is 487. The number of rotatable bonds is 0. The Bertz CT molecular complexity index is 32.0. The molecule has 0 aliphatic carbocycles. The minimum atomic E-state index is -1.61. The largest absolute Gasteiger partial charge is 0.344 e. The molecule has 0 aromatic carbocycles. The van der Waals surface area contributed by atoms with E-state index in [4.69, 9.17) is 46.4 Å². The second-order valence-corrected chi connectivity index (χ2v) is 3.86. The van der Waals surface area contributed by atoms with E-state index in [1.54, 1.807) is 0 Å². The lowest BCUT2D eigenvalue weighted by atomic mass is 11.8. The molecular formula is CH8Cl4F2N2. The standard InChI is InChI=1S/CCl4.2FH.2H3N/c2-1(3,4)5;;;;/h;2*1H;2*1H3. The fraction of sp³-hybridized carbons (Fsp3) is 1.00. The van der Waals surface area contributed by atoms with Gasteiger partial charge >= 0.3 is 0 Å². The van der Waals surface area contributed by atoms with Gasteiger partial charge in [0.15, 0.2) is 0 Å². The molecule has 2 nitrogen and oxygen atoms in total. The van der Waals surface area contributed by atoms with Crippen LogP contribution in [0, 0.1) is 0 Å². The van der Waals surface area contributed by atoms with E-state index in [0.29, 0.717) is 0 Å². The van der Waals surface area contributed by atoms with Gasteiger partial charge in [0, 0.05) is 0 Å². The maximum atomic E-state index is 4.83. The molecule has 0 spiro atoms. The molecule has 0 saturated carbocycles. The summed E-state index contributed by atoms with van der Waals surface area (Å²) in [5.74, 6) is 0. The van der Waals surface area contributed by atoms with E-state index in [9.17, 15) is 0 Å². The van der Waals surface area contributed by atoms with Crippen molar-refractivity contribution in [1.29, 1.82) is 0 Å². The zero-order chi connectivity index (χ0) is 4.50. The summed E-state index contributed by atoms with van der Waals surface area (Å²) in [5.41, 5.74) is 0. The van der Waals surface area contributed by atoms with E-state index >= 15 is 0 Å². The summed E-state index contributed by atoms with van der Waals surface area (Å²) < 4.78 is -1.61. The van der Waals surface area contributed by atoms with Gasteiger partial charge in [-0.05, 0) is 0 Å². The summed E-state index contributed by atoms with van der Waals surface area (Å²) in [5, 5.41) is 0. The number of hydrogen-bond acceptors (Lipinski definition) is 2. The highest BCUT2D eigenvalue weighted by Gasteiger charge is 2.11. The second-order valence-electron chi connectivity index (χ2n) is 0.429. The number of alkyl halides is 4. The summed E-state index contributed by atoms with van der Waals surface area (Å²) in [6.07, 6.45) is 0. The molecule has 0 atom stereocenters. The molecule has 9 heavy (non-hydrogen) atoms. The van der Waals surface area contributed by atoms with Crippen molar-refractivity contribution in [2.75, 3.05) is 0 Å². The van der Waals surface area contributed by atoms with Crippen molar-refractivity contribution in [3.8, 4) is 0 Å². The highest BCUT2D eigenvalue weighted by molar-refractivity contribution is 6.83. The first kappa shape index (κ1) is 32.6. The SMILES string of the molecule is ClC(Cl)(Cl)Cl.F.F.N.N. The predicted octanol–water partition coefficient (Wildman–Crippen LogP) is 3.18. The molecule has 0 unspecified atom stereocenters. The molecular weight excluding hydrogens is 220 g/mol. The Morgan fingerprint density at radius 2 is 0.667 bits per heavy atom. The smallest absolute Gasteiger partial charge is 0.266 e. The van der Waals surface area contributed by atoms with Gasteiger partial charge in [0.2, 0.25) is 0 Å². The Morgan fingerprint density at radius 1 is 0.667 bits per heavy atom. The van der Waals surface area contributed by atoms with E-state index in [2.05, 4.69) is 0 Å². The molecule has 0 aliphatic rings. The first-order valence-corrected chi connectivity index (χ1v) is 2.27. The molecule has 8 heteroatoms. The summed E-state index contributed by atoms with van der Waals surface area (Å²) in [4.78, 5) is 0. The van der Waals surface area contributed by atoms with Gasteiger partial charge in [0.05, 0.1) is 0 Å². The average molecular weight is 228 g/mol. The Hall–Kier alpha value is 0.940. The average Bonchev–Trinajstić information content (AvgIpc) is 0.722. The maximum Gasteiger partial charge on any atom is 0.266 e. The van der Waals surface area contributed by atoms with Crippen molar-refractivity contribution in [1.82, 2.24) is 12.3 Å². The van der Waals surface area contributed by atoms with Crippen molar-refractivity contribution in [3.63, 3.8) is 0 Å². The third-order valence-electron chi connectivity index (χ3n) is 0. The molecule has 0 aliphatic heterocycles. The van der Waals surface area contributed by atoms with Gasteiger partial charge in [-0.25, -0.2) is 0 Å². The van der Waals surface area contributed by atoms with Gasteiger partial charge in [-0.15, -0.1) is 0 Å².